The van der Waals surface area contributed by atoms with Gasteiger partial charge in [-0.25, -0.2) is 4.79 Å². The van der Waals surface area contributed by atoms with E-state index < -0.39 is 12.6 Å². The minimum absolute atomic E-state index is 0.312. The van der Waals surface area contributed by atoms with Gasteiger partial charge in [-0.3, -0.25) is 4.79 Å². The molecule has 0 aliphatic carbocycles. The average Bonchev–Trinajstić information content (AvgIpc) is 3.24. The van der Waals surface area contributed by atoms with E-state index in [0.717, 1.165) is 5.76 Å². The molecule has 3 aromatic rings. The molecule has 0 spiro atoms. The number of halogens is 1. The highest BCUT2D eigenvalue weighted by Crippen LogP contribution is 2.25. The lowest BCUT2D eigenvalue weighted by molar-refractivity contribution is 0.0475. The summed E-state index contributed by atoms with van der Waals surface area (Å²) in [5.74, 6) is 0.232. The summed E-state index contributed by atoms with van der Waals surface area (Å²) >= 11 is 6.03. The molecule has 0 bridgehead atoms. The summed E-state index contributed by atoms with van der Waals surface area (Å²) in [6.45, 7) is 0.0224. The molecule has 1 heterocycles. The molecule has 6 nitrogen and oxygen atoms in total. The van der Waals surface area contributed by atoms with Crippen molar-refractivity contribution in [2.24, 2.45) is 0 Å². The summed E-state index contributed by atoms with van der Waals surface area (Å²) in [7, 11) is 1.49. The third kappa shape index (κ3) is 4.72. The Morgan fingerprint density at radius 3 is 2.64 bits per heavy atom. The summed E-state index contributed by atoms with van der Waals surface area (Å²) in [6.07, 6.45) is 1.58. The fourth-order valence-electron chi connectivity index (χ4n) is 2.54. The number of Topliss-reactive ketones (excluding diaryl/α,β-unsaturated/α-hetero) is 1. The number of carbonyl (C=O) groups excluding carboxylic acids is 2. The van der Waals surface area contributed by atoms with Crippen LogP contribution < -0.4 is 10.1 Å². The van der Waals surface area contributed by atoms with Gasteiger partial charge < -0.3 is 19.2 Å². The minimum Gasteiger partial charge on any atom is -0.495 e. The van der Waals surface area contributed by atoms with Gasteiger partial charge in [0, 0.05) is 11.3 Å². The van der Waals surface area contributed by atoms with E-state index in [1.165, 1.54) is 13.2 Å². The van der Waals surface area contributed by atoms with E-state index in [9.17, 15) is 9.59 Å². The highest BCUT2D eigenvalue weighted by Gasteiger charge is 2.16. The molecule has 2 aromatic carbocycles. The molecule has 0 saturated heterocycles. The first kappa shape index (κ1) is 19.5. The number of esters is 1. The predicted molar refractivity (Wildman–Crippen MR) is 105 cm³/mol. The number of methoxy groups -OCH3 is 1. The monoisotopic (exact) mass is 399 g/mol. The van der Waals surface area contributed by atoms with Gasteiger partial charge in [0.25, 0.3) is 0 Å². The van der Waals surface area contributed by atoms with Crippen molar-refractivity contribution >= 4 is 29.0 Å². The van der Waals surface area contributed by atoms with Gasteiger partial charge in [-0.05, 0) is 42.5 Å². The first-order chi connectivity index (χ1) is 13.6. The third-order valence-corrected chi connectivity index (χ3v) is 4.28. The second kappa shape index (κ2) is 9.10. The average molecular weight is 400 g/mol. The van der Waals surface area contributed by atoms with E-state index in [0.29, 0.717) is 34.1 Å². The van der Waals surface area contributed by atoms with Crippen LogP contribution in [0, 0.1) is 0 Å². The van der Waals surface area contributed by atoms with E-state index in [1.807, 2.05) is 6.07 Å². The number of furan rings is 1. The van der Waals surface area contributed by atoms with Crippen LogP contribution in [-0.2, 0) is 11.3 Å². The molecule has 1 N–H and O–H groups in total. The Morgan fingerprint density at radius 1 is 1.11 bits per heavy atom. The Hall–Kier alpha value is -3.25. The molecule has 0 atom stereocenters. The number of rotatable bonds is 8. The summed E-state index contributed by atoms with van der Waals surface area (Å²) in [5.41, 5.74) is 1.25. The molecular formula is C21H18ClNO5. The van der Waals surface area contributed by atoms with E-state index in [-0.39, 0.29) is 5.78 Å². The van der Waals surface area contributed by atoms with Crippen LogP contribution in [0.3, 0.4) is 0 Å². The van der Waals surface area contributed by atoms with Gasteiger partial charge in [0.2, 0.25) is 0 Å². The third-order valence-electron chi connectivity index (χ3n) is 3.99. The molecule has 3 rings (SSSR count). The number of nitrogens with one attached hydrogen (secondary N) is 1. The van der Waals surface area contributed by atoms with Crippen molar-refractivity contribution in [1.29, 1.82) is 0 Å². The lowest BCUT2D eigenvalue weighted by Crippen LogP contribution is -2.16. The van der Waals surface area contributed by atoms with Crippen molar-refractivity contribution in [3.63, 3.8) is 0 Å². The Bertz CT molecular complexity index is 969. The number of anilines is 1. The Morgan fingerprint density at radius 2 is 1.93 bits per heavy atom. The molecule has 0 fully saturated rings. The lowest BCUT2D eigenvalue weighted by atomic mass is 10.1. The van der Waals surface area contributed by atoms with Crippen molar-refractivity contribution in [1.82, 2.24) is 0 Å². The van der Waals surface area contributed by atoms with Crippen molar-refractivity contribution in [3.05, 3.63) is 82.8 Å². The van der Waals surface area contributed by atoms with Crippen molar-refractivity contribution in [3.8, 4) is 5.75 Å². The number of benzene rings is 2. The number of ketones is 1. The predicted octanol–water partition coefficient (Wildman–Crippen LogP) is 4.59. The summed E-state index contributed by atoms with van der Waals surface area (Å²) in [6, 6.07) is 15.2. The summed E-state index contributed by atoms with van der Waals surface area (Å²) in [5, 5.41) is 3.44. The van der Waals surface area contributed by atoms with Crippen LogP contribution in [0.25, 0.3) is 0 Å². The largest absolute Gasteiger partial charge is 0.495 e. The van der Waals surface area contributed by atoms with Gasteiger partial charge >= 0.3 is 5.97 Å². The zero-order valence-electron chi connectivity index (χ0n) is 15.1. The molecule has 144 valence electrons. The standard InChI is InChI=1S/C21H18ClNO5/c1-26-20-9-8-14(11-17(20)22)19(24)13-28-21(25)16-6-2-3-7-18(16)23-12-15-5-4-10-27-15/h2-11,23H,12-13H2,1H3. The van der Waals surface area contributed by atoms with Crippen molar-refractivity contribution in [2.45, 2.75) is 6.54 Å². The van der Waals surface area contributed by atoms with Crippen LogP contribution in [0.1, 0.15) is 26.5 Å². The molecule has 0 unspecified atom stereocenters. The number of ether oxygens (including phenoxy) is 2. The SMILES string of the molecule is COc1ccc(C(=O)COC(=O)c2ccccc2NCc2ccco2)cc1Cl. The van der Waals surface area contributed by atoms with Crippen LogP contribution in [0.5, 0.6) is 5.75 Å². The minimum atomic E-state index is -0.601. The van der Waals surface area contributed by atoms with Crippen LogP contribution in [0.15, 0.2) is 65.3 Å². The number of carbonyl (C=O) groups is 2. The molecule has 0 radical (unpaired) electrons. The highest BCUT2D eigenvalue weighted by atomic mass is 35.5. The van der Waals surface area contributed by atoms with E-state index in [4.69, 9.17) is 25.5 Å². The first-order valence-corrected chi connectivity index (χ1v) is 8.85. The molecule has 28 heavy (non-hydrogen) atoms. The van der Waals surface area contributed by atoms with Crippen molar-refractivity contribution in [2.75, 3.05) is 19.0 Å². The molecule has 7 heteroatoms. The summed E-state index contributed by atoms with van der Waals surface area (Å²) in [4.78, 5) is 24.7. The number of hydrogen-bond donors (Lipinski definition) is 1. The van der Waals surface area contributed by atoms with Gasteiger partial charge in [0.05, 0.1) is 30.5 Å². The molecular weight excluding hydrogens is 382 g/mol. The molecule has 1 aromatic heterocycles. The van der Waals surface area contributed by atoms with Gasteiger partial charge in [-0.2, -0.15) is 0 Å². The second-order valence-electron chi connectivity index (χ2n) is 5.83. The first-order valence-electron chi connectivity index (χ1n) is 8.47. The normalized spacial score (nSPS) is 10.4. The Kier molecular flexibility index (Phi) is 6.34. The maximum Gasteiger partial charge on any atom is 0.340 e. The smallest absolute Gasteiger partial charge is 0.340 e. The molecule has 0 saturated carbocycles. The Labute approximate surface area is 167 Å². The second-order valence-corrected chi connectivity index (χ2v) is 6.23. The highest BCUT2D eigenvalue weighted by molar-refractivity contribution is 6.32. The van der Waals surface area contributed by atoms with Crippen LogP contribution in [0.4, 0.5) is 5.69 Å². The van der Waals surface area contributed by atoms with Crippen LogP contribution >= 0.6 is 11.6 Å². The van der Waals surface area contributed by atoms with Gasteiger partial charge in [-0.1, -0.05) is 23.7 Å². The van der Waals surface area contributed by atoms with Gasteiger partial charge in [-0.15, -0.1) is 0 Å². The fourth-order valence-corrected chi connectivity index (χ4v) is 2.80. The van der Waals surface area contributed by atoms with E-state index >= 15 is 0 Å². The van der Waals surface area contributed by atoms with Gasteiger partial charge in [0.15, 0.2) is 12.4 Å². The number of para-hydroxylation sites is 1. The zero-order valence-corrected chi connectivity index (χ0v) is 15.9. The fraction of sp³-hybridized carbons (Fsp3) is 0.143. The van der Waals surface area contributed by atoms with Crippen molar-refractivity contribution < 1.29 is 23.5 Å². The maximum atomic E-state index is 12.4. The van der Waals surface area contributed by atoms with Crippen LogP contribution in [-0.4, -0.2) is 25.5 Å². The van der Waals surface area contributed by atoms with Crippen LogP contribution in [0.2, 0.25) is 5.02 Å². The maximum absolute atomic E-state index is 12.4. The summed E-state index contributed by atoms with van der Waals surface area (Å²) < 4.78 is 15.5. The van der Waals surface area contributed by atoms with Gasteiger partial charge in [0.1, 0.15) is 11.5 Å². The molecule has 0 aliphatic rings. The molecule has 0 aliphatic heterocycles. The topological polar surface area (TPSA) is 77.8 Å². The zero-order chi connectivity index (χ0) is 19.9. The Balaban J connectivity index is 1.63. The molecule has 0 amide bonds. The number of hydrogen-bond acceptors (Lipinski definition) is 6. The van der Waals surface area contributed by atoms with E-state index in [2.05, 4.69) is 5.32 Å². The van der Waals surface area contributed by atoms with E-state index in [1.54, 1.807) is 48.7 Å². The lowest BCUT2D eigenvalue weighted by Gasteiger charge is -2.11. The quantitative estimate of drug-likeness (QED) is 0.441.